The number of hydrogen-bond donors (Lipinski definition) is 0. The fraction of sp³-hybridized carbons (Fsp3) is 0.435. The van der Waals surface area contributed by atoms with Gasteiger partial charge in [0.2, 0.25) is 5.88 Å². The lowest BCUT2D eigenvalue weighted by Gasteiger charge is -2.41. The highest BCUT2D eigenvalue weighted by molar-refractivity contribution is 5.96. The summed E-state index contributed by atoms with van der Waals surface area (Å²) in [5.74, 6) is 0.542. The predicted molar refractivity (Wildman–Crippen MR) is 112 cm³/mol. The minimum Gasteiger partial charge on any atom is -0.497 e. The van der Waals surface area contributed by atoms with Gasteiger partial charge in [0.25, 0.3) is 5.91 Å². The molecule has 7 nitrogen and oxygen atoms in total. The van der Waals surface area contributed by atoms with Crippen molar-refractivity contribution in [2.45, 2.75) is 26.2 Å². The zero-order chi connectivity index (χ0) is 21.6. The largest absolute Gasteiger partial charge is 0.497 e. The summed E-state index contributed by atoms with van der Waals surface area (Å²) in [6, 6.07) is 11.1. The second-order valence-electron chi connectivity index (χ2n) is 7.42. The van der Waals surface area contributed by atoms with Crippen LogP contribution in [0, 0.1) is 5.41 Å². The molecule has 0 unspecified atom stereocenters. The quantitative estimate of drug-likeness (QED) is 0.650. The van der Waals surface area contributed by atoms with Gasteiger partial charge in [0.1, 0.15) is 11.3 Å². The molecule has 1 atom stereocenters. The average Bonchev–Trinajstić information content (AvgIpc) is 2.79. The van der Waals surface area contributed by atoms with Gasteiger partial charge in [-0.1, -0.05) is 12.1 Å². The molecule has 0 aliphatic carbocycles. The van der Waals surface area contributed by atoms with Gasteiger partial charge in [-0.05, 0) is 56.0 Å². The van der Waals surface area contributed by atoms with Crippen LogP contribution in [0.3, 0.4) is 0 Å². The number of amides is 1. The fourth-order valence-corrected chi connectivity index (χ4v) is 4.03. The standard InChI is InChI=1S/C23H28N2O5/c1-4-30-22(27)23(15-17-8-5-9-18(14-17)28-2)11-7-13-25(16-23)21(26)19-10-6-12-24-20(19)29-3/h5-6,8-10,12,14H,4,7,11,13,15-16H2,1-3H3/t23-/m1/s1. The first-order chi connectivity index (χ1) is 14.5. The van der Waals surface area contributed by atoms with E-state index < -0.39 is 5.41 Å². The van der Waals surface area contributed by atoms with Crippen LogP contribution in [-0.4, -0.2) is 55.7 Å². The average molecular weight is 412 g/mol. The molecule has 1 aromatic carbocycles. The molecule has 1 amide bonds. The van der Waals surface area contributed by atoms with Gasteiger partial charge in [0, 0.05) is 19.3 Å². The molecular formula is C23H28N2O5. The number of pyridine rings is 1. The van der Waals surface area contributed by atoms with Crippen LogP contribution >= 0.6 is 0 Å². The summed E-state index contributed by atoms with van der Waals surface area (Å²) in [4.78, 5) is 32.1. The Morgan fingerprint density at radius 2 is 2.00 bits per heavy atom. The number of likely N-dealkylation sites (tertiary alicyclic amines) is 1. The summed E-state index contributed by atoms with van der Waals surface area (Å²) < 4.78 is 16.0. The van der Waals surface area contributed by atoms with E-state index in [2.05, 4.69) is 4.98 Å². The molecule has 1 aliphatic heterocycles. The van der Waals surface area contributed by atoms with E-state index in [9.17, 15) is 9.59 Å². The highest BCUT2D eigenvalue weighted by atomic mass is 16.5. The summed E-state index contributed by atoms with van der Waals surface area (Å²) >= 11 is 0. The van der Waals surface area contributed by atoms with E-state index in [1.54, 1.807) is 37.3 Å². The normalized spacial score (nSPS) is 18.6. The molecule has 1 aliphatic rings. The van der Waals surface area contributed by atoms with Crippen LogP contribution in [0.25, 0.3) is 0 Å². The van der Waals surface area contributed by atoms with Crippen LogP contribution < -0.4 is 9.47 Å². The van der Waals surface area contributed by atoms with Crippen LogP contribution in [0.1, 0.15) is 35.7 Å². The first kappa shape index (κ1) is 21.6. The third-order valence-electron chi connectivity index (χ3n) is 5.44. The van der Waals surface area contributed by atoms with Crippen LogP contribution in [0.5, 0.6) is 11.6 Å². The fourth-order valence-electron chi connectivity index (χ4n) is 4.03. The molecule has 2 aromatic rings. The van der Waals surface area contributed by atoms with Crippen molar-refractivity contribution in [3.8, 4) is 11.6 Å². The number of carbonyl (C=O) groups is 2. The summed E-state index contributed by atoms with van der Waals surface area (Å²) in [5, 5.41) is 0. The van der Waals surface area contributed by atoms with Crippen molar-refractivity contribution in [2.75, 3.05) is 33.9 Å². The Morgan fingerprint density at radius 1 is 1.17 bits per heavy atom. The van der Waals surface area contributed by atoms with Crippen LogP contribution in [-0.2, 0) is 16.0 Å². The molecule has 1 saturated heterocycles. The van der Waals surface area contributed by atoms with Crippen molar-refractivity contribution in [1.82, 2.24) is 9.88 Å². The number of hydrogen-bond acceptors (Lipinski definition) is 6. The molecule has 0 bridgehead atoms. The van der Waals surface area contributed by atoms with Gasteiger partial charge in [0.05, 0.1) is 26.2 Å². The third-order valence-corrected chi connectivity index (χ3v) is 5.44. The number of nitrogens with zero attached hydrogens (tertiary/aromatic N) is 2. The lowest BCUT2D eigenvalue weighted by atomic mass is 9.75. The first-order valence-electron chi connectivity index (χ1n) is 10.1. The van der Waals surface area contributed by atoms with Gasteiger partial charge in [0.15, 0.2) is 0 Å². The van der Waals surface area contributed by atoms with E-state index in [1.807, 2.05) is 24.3 Å². The van der Waals surface area contributed by atoms with Gasteiger partial charge in [-0.25, -0.2) is 4.98 Å². The number of aromatic nitrogens is 1. The van der Waals surface area contributed by atoms with Gasteiger partial charge in [-0.2, -0.15) is 0 Å². The summed E-state index contributed by atoms with van der Waals surface area (Å²) in [6.07, 6.45) is 3.41. The monoisotopic (exact) mass is 412 g/mol. The molecule has 160 valence electrons. The summed E-state index contributed by atoms with van der Waals surface area (Å²) in [5.41, 5.74) is 0.544. The van der Waals surface area contributed by atoms with Gasteiger partial charge in [-0.15, -0.1) is 0 Å². The maximum atomic E-state index is 13.2. The molecule has 0 spiro atoms. The van der Waals surface area contributed by atoms with Crippen molar-refractivity contribution in [3.05, 3.63) is 53.7 Å². The van der Waals surface area contributed by atoms with Crippen LogP contribution in [0.15, 0.2) is 42.6 Å². The number of piperidine rings is 1. The molecule has 1 fully saturated rings. The number of benzene rings is 1. The van der Waals surface area contributed by atoms with E-state index in [0.29, 0.717) is 38.0 Å². The maximum absolute atomic E-state index is 13.2. The lowest BCUT2D eigenvalue weighted by molar-refractivity contribution is -0.158. The molecule has 0 radical (unpaired) electrons. The highest BCUT2D eigenvalue weighted by Gasteiger charge is 2.45. The van der Waals surface area contributed by atoms with E-state index in [1.165, 1.54) is 7.11 Å². The van der Waals surface area contributed by atoms with Crippen molar-refractivity contribution in [1.29, 1.82) is 0 Å². The second kappa shape index (κ2) is 9.61. The van der Waals surface area contributed by atoms with Gasteiger partial charge in [-0.3, -0.25) is 9.59 Å². The lowest BCUT2D eigenvalue weighted by Crippen LogP contribution is -2.51. The predicted octanol–water partition coefficient (Wildman–Crippen LogP) is 3.13. The highest BCUT2D eigenvalue weighted by Crippen LogP contribution is 2.37. The maximum Gasteiger partial charge on any atom is 0.314 e. The smallest absolute Gasteiger partial charge is 0.314 e. The molecule has 7 heteroatoms. The SMILES string of the molecule is CCOC(=O)[C@@]1(Cc2cccc(OC)c2)CCCN(C(=O)c2cccnc2OC)C1. The molecule has 2 heterocycles. The zero-order valence-electron chi connectivity index (χ0n) is 17.7. The van der Waals surface area contributed by atoms with E-state index in [0.717, 1.165) is 11.3 Å². The molecule has 3 rings (SSSR count). The Hall–Kier alpha value is -3.09. The Labute approximate surface area is 177 Å². The van der Waals surface area contributed by atoms with Gasteiger partial charge < -0.3 is 19.1 Å². The van der Waals surface area contributed by atoms with Crippen LogP contribution in [0.2, 0.25) is 0 Å². The Kier molecular flexibility index (Phi) is 6.92. The molecular weight excluding hydrogens is 384 g/mol. The summed E-state index contributed by atoms with van der Waals surface area (Å²) in [7, 11) is 3.10. The third kappa shape index (κ3) is 4.56. The number of carbonyl (C=O) groups excluding carboxylic acids is 2. The molecule has 0 saturated carbocycles. The van der Waals surface area contributed by atoms with Crippen molar-refractivity contribution < 1.29 is 23.8 Å². The topological polar surface area (TPSA) is 78.0 Å². The Balaban J connectivity index is 1.91. The van der Waals surface area contributed by atoms with E-state index >= 15 is 0 Å². The first-order valence-corrected chi connectivity index (χ1v) is 10.1. The zero-order valence-corrected chi connectivity index (χ0v) is 17.7. The van der Waals surface area contributed by atoms with E-state index in [-0.39, 0.29) is 24.3 Å². The Bertz CT molecular complexity index is 901. The Morgan fingerprint density at radius 3 is 2.73 bits per heavy atom. The van der Waals surface area contributed by atoms with Gasteiger partial charge >= 0.3 is 5.97 Å². The minimum atomic E-state index is -0.814. The molecule has 0 N–H and O–H groups in total. The number of ether oxygens (including phenoxy) is 3. The van der Waals surface area contributed by atoms with Crippen LogP contribution in [0.4, 0.5) is 0 Å². The number of methoxy groups -OCH3 is 2. The molecule has 30 heavy (non-hydrogen) atoms. The number of esters is 1. The van der Waals surface area contributed by atoms with Crippen molar-refractivity contribution >= 4 is 11.9 Å². The molecule has 1 aromatic heterocycles. The minimum absolute atomic E-state index is 0.195. The number of rotatable bonds is 7. The second-order valence-corrected chi connectivity index (χ2v) is 7.42. The summed E-state index contributed by atoms with van der Waals surface area (Å²) in [6.45, 7) is 2.93. The van der Waals surface area contributed by atoms with E-state index in [4.69, 9.17) is 14.2 Å². The van der Waals surface area contributed by atoms with Crippen molar-refractivity contribution in [3.63, 3.8) is 0 Å². The van der Waals surface area contributed by atoms with Crippen molar-refractivity contribution in [2.24, 2.45) is 5.41 Å².